The molecule has 0 fully saturated rings. The first-order valence-electron chi connectivity index (χ1n) is 25.1. The Morgan fingerprint density at radius 3 is 0.875 bits per heavy atom. The average Bonchev–Trinajstić information content (AvgIpc) is 3.46. The van der Waals surface area contributed by atoms with E-state index < -0.39 is 0 Å². The molecule has 332 valence electrons. The maximum atomic E-state index is 2.37. The van der Waals surface area contributed by atoms with Crippen molar-refractivity contribution in [3.63, 3.8) is 0 Å². The van der Waals surface area contributed by atoms with Crippen LogP contribution in [0.2, 0.25) is 0 Å². The van der Waals surface area contributed by atoms with Crippen LogP contribution in [0.5, 0.6) is 0 Å². The van der Waals surface area contributed by atoms with E-state index in [0.29, 0.717) is 0 Å². The SMILES string of the molecule is c1ccc(-c2ccc3ccc4c(-c5cccc(-c6cccc(-c7cccc(-c8ccc9ccc%10c(-c%11ccc(-c%12cccc%13ccccc%12%13)cc%11)ccc%11ccc8c9c%11%10)c7)c6)c5)ccc5ccc2c3c54)cc1. The third kappa shape index (κ3) is 6.40. The van der Waals surface area contributed by atoms with E-state index in [0.717, 1.165) is 0 Å². The minimum absolute atomic E-state index is 1.20. The Balaban J connectivity index is 0.777. The molecule has 0 saturated heterocycles. The Morgan fingerprint density at radius 2 is 0.431 bits per heavy atom. The summed E-state index contributed by atoms with van der Waals surface area (Å²) in [5.41, 5.74) is 17.2. The average molecular weight is 909 g/mol. The zero-order valence-electron chi connectivity index (χ0n) is 39.4. The van der Waals surface area contributed by atoms with Gasteiger partial charge < -0.3 is 0 Å². The number of fused-ring (bicyclic) bond motifs is 1. The van der Waals surface area contributed by atoms with Crippen molar-refractivity contribution in [2.75, 3.05) is 0 Å². The molecular formula is C72H44. The third-order valence-corrected chi connectivity index (χ3v) is 15.6. The van der Waals surface area contributed by atoms with Crippen LogP contribution >= 0.6 is 0 Å². The van der Waals surface area contributed by atoms with Gasteiger partial charge in [0.1, 0.15) is 0 Å². The summed E-state index contributed by atoms with van der Waals surface area (Å²) >= 11 is 0. The van der Waals surface area contributed by atoms with E-state index in [2.05, 4.69) is 267 Å². The van der Waals surface area contributed by atoms with Gasteiger partial charge in [-0.2, -0.15) is 0 Å². The lowest BCUT2D eigenvalue weighted by Gasteiger charge is -2.17. The summed E-state index contributed by atoms with van der Waals surface area (Å²) in [6.07, 6.45) is 0. The second-order valence-corrected chi connectivity index (χ2v) is 19.5. The highest BCUT2D eigenvalue weighted by molar-refractivity contribution is 6.29. The van der Waals surface area contributed by atoms with E-state index in [-0.39, 0.29) is 0 Å². The molecule has 15 rings (SSSR count). The first-order chi connectivity index (χ1) is 35.7. The van der Waals surface area contributed by atoms with Gasteiger partial charge in [0, 0.05) is 0 Å². The molecule has 0 aliphatic heterocycles. The highest BCUT2D eigenvalue weighted by atomic mass is 14.2. The molecule has 0 heterocycles. The Hall–Kier alpha value is -9.36. The molecule has 0 radical (unpaired) electrons. The number of rotatable bonds is 7. The second kappa shape index (κ2) is 16.1. The predicted molar refractivity (Wildman–Crippen MR) is 309 cm³/mol. The van der Waals surface area contributed by atoms with E-state index in [4.69, 9.17) is 0 Å². The van der Waals surface area contributed by atoms with Crippen LogP contribution in [0.3, 0.4) is 0 Å². The Morgan fingerprint density at radius 1 is 0.139 bits per heavy atom. The zero-order valence-corrected chi connectivity index (χ0v) is 39.4. The normalized spacial score (nSPS) is 11.9. The molecule has 0 aliphatic carbocycles. The van der Waals surface area contributed by atoms with Crippen molar-refractivity contribution in [1.82, 2.24) is 0 Å². The lowest BCUT2D eigenvalue weighted by Crippen LogP contribution is -1.90. The van der Waals surface area contributed by atoms with E-state index >= 15 is 0 Å². The van der Waals surface area contributed by atoms with E-state index in [1.165, 1.54) is 153 Å². The van der Waals surface area contributed by atoms with Gasteiger partial charge in [0.2, 0.25) is 0 Å². The molecule has 0 unspecified atom stereocenters. The standard InChI is InChI=1S/C72H44/c1-2-10-45(11-3-1)61-34-26-49-32-40-67-63(36-28-51-30-38-65(61)69(49)71(51)67)57-18-7-16-55(43-57)53-14-6-15-54(42-53)56-17-8-19-58(44-56)64-37-29-52-31-39-66-62(35-27-50-33-41-68(64)72(52)70(50)66)48-24-22-47(23-25-48)60-21-9-13-46-12-4-5-20-59(46)60/h1-44H. The largest absolute Gasteiger partial charge is 0.0622 e. The number of benzene rings is 15. The molecule has 0 spiro atoms. The molecule has 0 aliphatic rings. The van der Waals surface area contributed by atoms with Gasteiger partial charge in [-0.1, -0.05) is 249 Å². The molecule has 0 heteroatoms. The lowest BCUT2D eigenvalue weighted by molar-refractivity contribution is 1.58. The van der Waals surface area contributed by atoms with Gasteiger partial charge in [-0.25, -0.2) is 0 Å². The molecule has 0 nitrogen and oxygen atoms in total. The molecule has 0 N–H and O–H groups in total. The maximum Gasteiger partial charge on any atom is -0.00203 e. The van der Waals surface area contributed by atoms with Gasteiger partial charge in [-0.15, -0.1) is 0 Å². The predicted octanol–water partition coefficient (Wildman–Crippen LogP) is 20.3. The van der Waals surface area contributed by atoms with E-state index in [1.54, 1.807) is 0 Å². The fourth-order valence-electron chi connectivity index (χ4n) is 12.1. The van der Waals surface area contributed by atoms with Crippen LogP contribution < -0.4 is 0 Å². The minimum atomic E-state index is 1.20. The third-order valence-electron chi connectivity index (χ3n) is 15.6. The van der Waals surface area contributed by atoms with Crippen LogP contribution in [0.1, 0.15) is 0 Å². The molecule has 0 aromatic heterocycles. The Bertz CT molecular complexity index is 4590. The summed E-state index contributed by atoms with van der Waals surface area (Å²) in [6.45, 7) is 0. The van der Waals surface area contributed by atoms with Gasteiger partial charge in [0.25, 0.3) is 0 Å². The summed E-state index contributed by atoms with van der Waals surface area (Å²) in [5, 5.41) is 18.1. The molecule has 72 heavy (non-hydrogen) atoms. The zero-order chi connectivity index (χ0) is 47.3. The molecule has 15 aromatic rings. The summed E-state index contributed by atoms with van der Waals surface area (Å²) in [7, 11) is 0. The summed E-state index contributed by atoms with van der Waals surface area (Å²) in [6, 6.07) is 99.3. The molecule has 0 bridgehead atoms. The van der Waals surface area contributed by atoms with Crippen molar-refractivity contribution < 1.29 is 0 Å². The smallest absolute Gasteiger partial charge is 0.00203 e. The van der Waals surface area contributed by atoms with Crippen LogP contribution in [0.4, 0.5) is 0 Å². The lowest BCUT2D eigenvalue weighted by atomic mass is 9.86. The molecular weight excluding hydrogens is 865 g/mol. The van der Waals surface area contributed by atoms with Crippen molar-refractivity contribution in [2.24, 2.45) is 0 Å². The summed E-state index contributed by atoms with van der Waals surface area (Å²) < 4.78 is 0. The Labute approximate surface area is 418 Å². The highest BCUT2D eigenvalue weighted by Crippen LogP contribution is 2.45. The monoisotopic (exact) mass is 908 g/mol. The molecule has 0 amide bonds. The van der Waals surface area contributed by atoms with E-state index in [1.807, 2.05) is 0 Å². The van der Waals surface area contributed by atoms with Gasteiger partial charge in [0.05, 0.1) is 0 Å². The first-order valence-corrected chi connectivity index (χ1v) is 25.1. The van der Waals surface area contributed by atoms with Crippen LogP contribution in [0, 0.1) is 0 Å². The van der Waals surface area contributed by atoms with Gasteiger partial charge in [-0.3, -0.25) is 0 Å². The summed E-state index contributed by atoms with van der Waals surface area (Å²) in [4.78, 5) is 0. The van der Waals surface area contributed by atoms with Gasteiger partial charge >= 0.3 is 0 Å². The first kappa shape index (κ1) is 40.5. The maximum absolute atomic E-state index is 2.37. The van der Waals surface area contributed by atoms with Gasteiger partial charge in [-0.05, 0) is 171 Å². The number of hydrogen-bond acceptors (Lipinski definition) is 0. The van der Waals surface area contributed by atoms with Gasteiger partial charge in [0.15, 0.2) is 0 Å². The topological polar surface area (TPSA) is 0 Å². The van der Waals surface area contributed by atoms with Crippen LogP contribution in [0.15, 0.2) is 267 Å². The van der Waals surface area contributed by atoms with Crippen LogP contribution in [-0.2, 0) is 0 Å². The van der Waals surface area contributed by atoms with Crippen molar-refractivity contribution in [3.05, 3.63) is 267 Å². The minimum Gasteiger partial charge on any atom is -0.0622 e. The fraction of sp³-hybridized carbons (Fsp3) is 0. The fourth-order valence-corrected chi connectivity index (χ4v) is 12.1. The van der Waals surface area contributed by atoms with Crippen molar-refractivity contribution in [2.45, 2.75) is 0 Å². The molecule has 0 saturated carbocycles. The summed E-state index contributed by atoms with van der Waals surface area (Å²) in [5.74, 6) is 0. The Kier molecular flexibility index (Phi) is 9.06. The quantitative estimate of drug-likeness (QED) is 0.140. The van der Waals surface area contributed by atoms with Crippen molar-refractivity contribution >= 4 is 75.4 Å². The number of hydrogen-bond donors (Lipinski definition) is 0. The van der Waals surface area contributed by atoms with Crippen molar-refractivity contribution in [1.29, 1.82) is 0 Å². The highest BCUT2D eigenvalue weighted by Gasteiger charge is 2.18. The molecule has 15 aromatic carbocycles. The van der Waals surface area contributed by atoms with Crippen molar-refractivity contribution in [3.8, 4) is 77.9 Å². The van der Waals surface area contributed by atoms with E-state index in [9.17, 15) is 0 Å². The van der Waals surface area contributed by atoms with Crippen LogP contribution in [0.25, 0.3) is 153 Å². The van der Waals surface area contributed by atoms with Crippen LogP contribution in [-0.4, -0.2) is 0 Å². The second-order valence-electron chi connectivity index (χ2n) is 19.5. The molecule has 0 atom stereocenters.